The molecule has 9 heteroatoms. The van der Waals surface area contributed by atoms with E-state index in [1.54, 1.807) is 6.08 Å². The van der Waals surface area contributed by atoms with Gasteiger partial charge in [-0.15, -0.1) is 6.58 Å². The third kappa shape index (κ3) is 8.49. The van der Waals surface area contributed by atoms with Gasteiger partial charge < -0.3 is 10.2 Å². The second-order valence-corrected chi connectivity index (χ2v) is 26.2. The largest absolute Gasteiger partial charge is 0.393 e. The van der Waals surface area contributed by atoms with E-state index in [1.165, 1.54) is 28.0 Å². The summed E-state index contributed by atoms with van der Waals surface area (Å²) in [5, 5.41) is 34.1. The Morgan fingerprint density at radius 3 is 1.68 bits per heavy atom. The van der Waals surface area contributed by atoms with Crippen LogP contribution in [0, 0.1) is 79.8 Å². The molecule has 0 amide bonds. The van der Waals surface area contributed by atoms with E-state index in [-0.39, 0.29) is 56.5 Å². The van der Waals surface area contributed by atoms with Crippen molar-refractivity contribution in [2.24, 2.45) is 79.8 Å². The van der Waals surface area contributed by atoms with Gasteiger partial charge in [-0.3, -0.25) is 19.0 Å². The van der Waals surface area contributed by atoms with Crippen LogP contribution >= 0.6 is 15.9 Å². The fraction of sp³-hybridized carbons (Fsp3) is 0.714. The number of fused-ring (bicyclic) bond motifs is 12. The molecule has 2 aromatic rings. The first-order valence-corrected chi connectivity index (χ1v) is 29.7. The van der Waals surface area contributed by atoms with Crippen LogP contribution in [0.2, 0.25) is 0 Å². The second kappa shape index (κ2) is 20.8. The van der Waals surface area contributed by atoms with Crippen LogP contribution in [0.1, 0.15) is 183 Å². The maximum atomic E-state index is 13.3. The molecule has 0 bridgehead atoms. The normalized spacial score (nSPS) is 41.1. The molecule has 6 saturated carbocycles. The molecule has 2 N–H and O–H groups in total. The Bertz CT molecular complexity index is 2480. The highest BCUT2D eigenvalue weighted by atomic mass is 79.9. The van der Waals surface area contributed by atoms with Crippen LogP contribution in [0.25, 0.3) is 12.2 Å². The standard InChI is InChI=1S/2C30H44N2O2.C3H5Br/c1-7-9-10-13-32-18-20-16-28(4)21(15-24(20)31-32)11-12-22-23-14-19(3)30(6,26(34)8-2)29(23,5)17-25(33)27(22)28;1-7-9-10-13-32-24-15-21-11-12-22-23-14-19(3)30(6,26(34)8-2)29(23,5)17-25(33)27(22)28(21,4)16-20(24)18-31-32;1-2-3-4/h2*9-10,15,18-19,22-23,25,27,33H,7-8,11-14,16-17H2,1-6H3;2H,1,3H2/b2*10-9-;/t2*19-,22+,23+,25+,27-,28+,29+,30-;/m11./s1. The highest BCUT2D eigenvalue weighted by Gasteiger charge is 2.70. The van der Waals surface area contributed by atoms with Crippen LogP contribution in [-0.4, -0.2) is 58.9 Å². The number of alkyl halides is 1. The number of ketones is 2. The van der Waals surface area contributed by atoms with Crippen LogP contribution < -0.4 is 0 Å². The lowest BCUT2D eigenvalue weighted by Crippen LogP contribution is -2.59. The summed E-state index contributed by atoms with van der Waals surface area (Å²) >= 11 is 3.13. The molecular formula is C63H93BrN4O4. The summed E-state index contributed by atoms with van der Waals surface area (Å²) in [6, 6.07) is 0. The summed E-state index contributed by atoms with van der Waals surface area (Å²) in [6.45, 7) is 31.9. The van der Waals surface area contributed by atoms with Crippen LogP contribution in [0.4, 0.5) is 0 Å². The Labute approximate surface area is 443 Å². The maximum absolute atomic E-state index is 13.3. The lowest BCUT2D eigenvalue weighted by Gasteiger charge is -2.61. The van der Waals surface area contributed by atoms with Gasteiger partial charge in [-0.2, -0.15) is 10.2 Å². The number of rotatable bonds is 11. The van der Waals surface area contributed by atoms with E-state index in [9.17, 15) is 19.8 Å². The van der Waals surface area contributed by atoms with Crippen molar-refractivity contribution in [3.05, 3.63) is 83.0 Å². The van der Waals surface area contributed by atoms with Gasteiger partial charge >= 0.3 is 0 Å². The monoisotopic (exact) mass is 1050 g/mol. The number of carbonyl (C=O) groups is 2. The summed E-state index contributed by atoms with van der Waals surface area (Å²) < 4.78 is 4.20. The number of aliphatic hydroxyl groups excluding tert-OH is 2. The molecule has 2 aromatic heterocycles. The van der Waals surface area contributed by atoms with Crippen molar-refractivity contribution in [1.29, 1.82) is 0 Å². The number of hydrogen-bond acceptors (Lipinski definition) is 6. The highest BCUT2D eigenvalue weighted by Crippen LogP contribution is 2.73. The fourth-order valence-electron chi connectivity index (χ4n) is 18.4. The number of nitrogens with zero attached hydrogens (tertiary/aromatic N) is 4. The SMILES string of the molecule is C=CCBr.CC/C=C\Cn1cc2c(n1)C=C1CC[C@@H]3[C@H]([C@@H](O)C[C@@]4(C)[C@H]3C[C@@H](C)[C@]4(C)C(=O)CC)[C@@]1(C)C2.CC/C=C\Cn1ncc2c1C=C1CC[C@@H]3[C@H]([C@@H](O)C[C@@]4(C)[C@H]3C[C@@H](C)[C@]4(C)C(=O)CC)[C@@]1(C)C2. The Kier molecular flexibility index (Phi) is 15.9. The summed E-state index contributed by atoms with van der Waals surface area (Å²) in [4.78, 5) is 26.6. The quantitative estimate of drug-likeness (QED) is 0.171. The average Bonchev–Trinajstić information content (AvgIpc) is 4.04. The molecule has 0 saturated heterocycles. The van der Waals surface area contributed by atoms with Gasteiger partial charge in [0.05, 0.1) is 42.9 Å². The third-order valence-corrected chi connectivity index (χ3v) is 23.0. The average molecular weight is 1050 g/mol. The van der Waals surface area contributed by atoms with Crippen LogP contribution in [0.5, 0.6) is 0 Å². The Hall–Kier alpha value is -3.14. The Balaban J connectivity index is 0.000000179. The molecule has 6 fully saturated rings. The zero-order valence-corrected chi connectivity index (χ0v) is 48.2. The molecule has 0 aliphatic heterocycles. The van der Waals surface area contributed by atoms with Crippen molar-refractivity contribution in [2.75, 3.05) is 5.33 Å². The minimum absolute atomic E-state index is 0.0270. The van der Waals surface area contributed by atoms with Gasteiger partial charge in [0.15, 0.2) is 0 Å². The van der Waals surface area contributed by atoms with Gasteiger partial charge in [0.1, 0.15) is 11.6 Å². The van der Waals surface area contributed by atoms with E-state index < -0.39 is 0 Å². The summed E-state index contributed by atoms with van der Waals surface area (Å²) in [7, 11) is 0. The van der Waals surface area contributed by atoms with Gasteiger partial charge in [0, 0.05) is 35.2 Å². The number of allylic oxidation sites excluding steroid dienone is 7. The lowest BCUT2D eigenvalue weighted by molar-refractivity contribution is -0.159. The molecule has 8 aliphatic carbocycles. The molecule has 10 rings (SSSR count). The van der Waals surface area contributed by atoms with E-state index in [2.05, 4.69) is 150 Å². The van der Waals surface area contributed by atoms with E-state index >= 15 is 0 Å². The van der Waals surface area contributed by atoms with Crippen LogP contribution in [0.3, 0.4) is 0 Å². The van der Waals surface area contributed by atoms with Crippen LogP contribution in [0.15, 0.2) is 60.5 Å². The van der Waals surface area contributed by atoms with Gasteiger partial charge in [0.25, 0.3) is 0 Å². The van der Waals surface area contributed by atoms with Crippen molar-refractivity contribution in [3.8, 4) is 0 Å². The first-order chi connectivity index (χ1) is 34.1. The van der Waals surface area contributed by atoms with Crippen molar-refractivity contribution in [3.63, 3.8) is 0 Å². The van der Waals surface area contributed by atoms with Crippen molar-refractivity contribution in [1.82, 2.24) is 19.6 Å². The smallest absolute Gasteiger partial charge is 0.139 e. The van der Waals surface area contributed by atoms with Gasteiger partial charge in [0.2, 0.25) is 0 Å². The number of aromatic nitrogens is 4. The number of halogens is 1. The molecule has 8 nitrogen and oxygen atoms in total. The first kappa shape index (κ1) is 55.1. The van der Waals surface area contributed by atoms with Crippen molar-refractivity contribution < 1.29 is 19.8 Å². The number of carbonyl (C=O) groups excluding carboxylic acids is 2. The molecule has 0 unspecified atom stereocenters. The molecule has 72 heavy (non-hydrogen) atoms. The van der Waals surface area contributed by atoms with E-state index in [0.29, 0.717) is 59.9 Å². The Morgan fingerprint density at radius 1 is 0.736 bits per heavy atom. The summed E-state index contributed by atoms with van der Waals surface area (Å²) in [6.07, 6.45) is 32.3. The molecule has 0 spiro atoms. The predicted molar refractivity (Wildman–Crippen MR) is 298 cm³/mol. The zero-order chi connectivity index (χ0) is 52.3. The predicted octanol–water partition coefficient (Wildman–Crippen LogP) is 14.0. The Morgan fingerprint density at radius 2 is 1.21 bits per heavy atom. The van der Waals surface area contributed by atoms with Crippen molar-refractivity contribution in [2.45, 2.75) is 198 Å². The molecule has 0 aromatic carbocycles. The van der Waals surface area contributed by atoms with E-state index in [0.717, 1.165) is 101 Å². The molecule has 396 valence electrons. The van der Waals surface area contributed by atoms with E-state index in [4.69, 9.17) is 10.2 Å². The van der Waals surface area contributed by atoms with Gasteiger partial charge in [-0.25, -0.2) is 0 Å². The molecular weight excluding hydrogens is 957 g/mol. The summed E-state index contributed by atoms with van der Waals surface area (Å²) in [5.74, 6) is 4.03. The lowest BCUT2D eigenvalue weighted by atomic mass is 9.44. The molecule has 16 atom stereocenters. The number of aliphatic hydroxyl groups is 2. The topological polar surface area (TPSA) is 110 Å². The number of hydrogen-bond donors (Lipinski definition) is 2. The third-order valence-electron chi connectivity index (χ3n) is 22.5. The van der Waals surface area contributed by atoms with Crippen molar-refractivity contribution >= 4 is 39.6 Å². The molecule has 0 radical (unpaired) electrons. The second-order valence-electron chi connectivity index (χ2n) is 25.5. The summed E-state index contributed by atoms with van der Waals surface area (Å²) in [5.41, 5.74) is 7.07. The van der Waals surface area contributed by atoms with Crippen LogP contribution in [-0.2, 0) is 35.5 Å². The van der Waals surface area contributed by atoms with E-state index in [1.807, 2.05) is 13.8 Å². The van der Waals surface area contributed by atoms with Gasteiger partial charge in [-0.1, -0.05) is 141 Å². The molecule has 8 aliphatic rings. The van der Waals surface area contributed by atoms with Gasteiger partial charge in [-0.05, 0) is 169 Å². The minimum atomic E-state index is -0.363. The number of Topliss-reactive ketones (excluding diaryl/α,β-unsaturated/α-hetero) is 2. The highest BCUT2D eigenvalue weighted by molar-refractivity contribution is 9.09. The minimum Gasteiger partial charge on any atom is -0.393 e. The fourth-order valence-corrected chi connectivity index (χ4v) is 18.4. The molecule has 2 heterocycles. The maximum Gasteiger partial charge on any atom is 0.139 e. The zero-order valence-electron chi connectivity index (χ0n) is 46.6. The first-order valence-electron chi connectivity index (χ1n) is 28.6.